The molecule has 11 nitrogen and oxygen atoms in total. The number of carbonyl (C=O) groups is 4. The van der Waals surface area contributed by atoms with Gasteiger partial charge in [-0.15, -0.1) is 0 Å². The minimum absolute atomic E-state index is 0.129. The van der Waals surface area contributed by atoms with Crippen LogP contribution in [0.25, 0.3) is 0 Å². The predicted octanol–water partition coefficient (Wildman–Crippen LogP) is 6.09. The molecule has 0 unspecified atom stereocenters. The number of nitrogens with zero attached hydrogens (tertiary/aromatic N) is 1. The number of benzene rings is 4. The Kier molecular flexibility index (Phi) is 11.8. The Morgan fingerprint density at radius 1 is 0.848 bits per heavy atom. The lowest BCUT2D eigenvalue weighted by atomic mass is 10.1. The molecule has 0 aliphatic heterocycles. The van der Waals surface area contributed by atoms with E-state index in [2.05, 4.69) is 28.1 Å². The van der Waals surface area contributed by atoms with E-state index in [1.165, 1.54) is 31.5 Å². The van der Waals surface area contributed by atoms with Gasteiger partial charge in [-0.2, -0.15) is 5.10 Å². The number of amides is 3. The molecule has 4 rings (SSSR count). The van der Waals surface area contributed by atoms with Crippen LogP contribution in [-0.2, 0) is 9.59 Å². The molecule has 0 spiro atoms. The summed E-state index contributed by atoms with van der Waals surface area (Å²) in [6.07, 6.45) is 3.24. The van der Waals surface area contributed by atoms with Crippen molar-refractivity contribution in [2.24, 2.45) is 5.10 Å². The van der Waals surface area contributed by atoms with E-state index in [9.17, 15) is 19.2 Å². The second-order valence-corrected chi connectivity index (χ2v) is 10.1. The van der Waals surface area contributed by atoms with Crippen molar-refractivity contribution in [3.05, 3.63) is 113 Å². The van der Waals surface area contributed by atoms with Crippen LogP contribution in [0.4, 0.5) is 11.4 Å². The second-order valence-electron chi connectivity index (χ2n) is 9.69. The maximum Gasteiger partial charge on any atom is 0.343 e. The van der Waals surface area contributed by atoms with Crippen molar-refractivity contribution in [1.29, 1.82) is 0 Å². The number of halogens is 1. The van der Waals surface area contributed by atoms with Gasteiger partial charge >= 0.3 is 17.8 Å². The summed E-state index contributed by atoms with van der Waals surface area (Å²) >= 11 is 5.89. The third-order valence-corrected chi connectivity index (χ3v) is 6.61. The number of carbonyl (C=O) groups excluding carboxylic acids is 4. The summed E-state index contributed by atoms with van der Waals surface area (Å²) in [6.45, 7) is 2.68. The maximum absolute atomic E-state index is 12.8. The summed E-state index contributed by atoms with van der Waals surface area (Å²) in [5.41, 5.74) is 3.73. The highest BCUT2D eigenvalue weighted by molar-refractivity contribution is 6.40. The summed E-state index contributed by atoms with van der Waals surface area (Å²) in [4.78, 5) is 50.4. The van der Waals surface area contributed by atoms with Crippen molar-refractivity contribution < 1.29 is 33.4 Å². The lowest BCUT2D eigenvalue weighted by molar-refractivity contribution is -0.136. The number of nitrogens with one attached hydrogen (secondary N) is 3. The van der Waals surface area contributed by atoms with Crippen molar-refractivity contribution >= 4 is 52.9 Å². The van der Waals surface area contributed by atoms with Crippen LogP contribution in [0.1, 0.15) is 46.0 Å². The first-order valence-corrected chi connectivity index (χ1v) is 14.6. The highest BCUT2D eigenvalue weighted by atomic mass is 35.5. The lowest BCUT2D eigenvalue weighted by Gasteiger charge is -2.11. The first-order valence-electron chi connectivity index (χ1n) is 14.2. The Labute approximate surface area is 270 Å². The van der Waals surface area contributed by atoms with Gasteiger partial charge in [0.25, 0.3) is 5.91 Å². The number of methoxy groups -OCH3 is 1. The van der Waals surface area contributed by atoms with Gasteiger partial charge in [0, 0.05) is 10.7 Å². The van der Waals surface area contributed by atoms with E-state index in [1.807, 2.05) is 0 Å². The summed E-state index contributed by atoms with van der Waals surface area (Å²) < 4.78 is 16.5. The number of anilines is 2. The number of esters is 1. The third-order valence-electron chi connectivity index (χ3n) is 6.35. The van der Waals surface area contributed by atoms with Gasteiger partial charge in [-0.25, -0.2) is 10.2 Å². The third kappa shape index (κ3) is 9.41. The Hall–Kier alpha value is -5.68. The van der Waals surface area contributed by atoms with E-state index in [-0.39, 0.29) is 22.7 Å². The quantitative estimate of drug-likeness (QED) is 0.0424. The molecule has 0 aliphatic carbocycles. The summed E-state index contributed by atoms with van der Waals surface area (Å²) in [5.74, 6) is -2.09. The Morgan fingerprint density at radius 2 is 1.59 bits per heavy atom. The minimum atomic E-state index is -1.07. The average molecular weight is 643 g/mol. The molecule has 3 amide bonds. The number of hydrogen-bond acceptors (Lipinski definition) is 8. The predicted molar refractivity (Wildman–Crippen MR) is 175 cm³/mol. The van der Waals surface area contributed by atoms with Gasteiger partial charge in [-0.3, -0.25) is 14.4 Å². The lowest BCUT2D eigenvalue weighted by Crippen LogP contribution is -2.33. The highest BCUT2D eigenvalue weighted by Crippen LogP contribution is 2.29. The zero-order valence-electron chi connectivity index (χ0n) is 25.0. The van der Waals surface area contributed by atoms with Gasteiger partial charge in [0.1, 0.15) is 5.75 Å². The van der Waals surface area contributed by atoms with E-state index >= 15 is 0 Å². The van der Waals surface area contributed by atoms with Gasteiger partial charge in [-0.1, -0.05) is 37.1 Å². The molecule has 3 N–H and O–H groups in total. The van der Waals surface area contributed by atoms with Crippen molar-refractivity contribution in [3.63, 3.8) is 0 Å². The molecular weight excluding hydrogens is 612 g/mol. The number of hydrazone groups is 1. The zero-order chi connectivity index (χ0) is 32.9. The second kappa shape index (κ2) is 16.4. The van der Waals surface area contributed by atoms with Crippen LogP contribution in [-0.4, -0.2) is 43.6 Å². The molecule has 0 saturated heterocycles. The Morgan fingerprint density at radius 3 is 2.30 bits per heavy atom. The summed E-state index contributed by atoms with van der Waals surface area (Å²) in [5, 5.41) is 9.47. The van der Waals surface area contributed by atoms with Crippen molar-refractivity contribution in [1.82, 2.24) is 5.43 Å². The van der Waals surface area contributed by atoms with Crippen LogP contribution in [0, 0.1) is 0 Å². The van der Waals surface area contributed by atoms with Crippen molar-refractivity contribution in [2.75, 3.05) is 24.4 Å². The number of hydrogen-bond donors (Lipinski definition) is 3. The van der Waals surface area contributed by atoms with Crippen LogP contribution < -0.4 is 30.3 Å². The normalized spacial score (nSPS) is 10.6. The number of unbranched alkanes of at least 4 members (excludes halogenated alkanes) is 1. The topological polar surface area (TPSA) is 144 Å². The molecule has 4 aromatic rings. The molecule has 0 saturated carbocycles. The maximum atomic E-state index is 12.8. The summed E-state index contributed by atoms with van der Waals surface area (Å²) in [7, 11) is 1.41. The van der Waals surface area contributed by atoms with Gasteiger partial charge in [0.15, 0.2) is 11.5 Å². The molecule has 0 atom stereocenters. The van der Waals surface area contributed by atoms with E-state index in [1.54, 1.807) is 72.8 Å². The molecule has 0 aromatic heterocycles. The molecule has 0 heterocycles. The van der Waals surface area contributed by atoms with Gasteiger partial charge in [0.2, 0.25) is 0 Å². The van der Waals surface area contributed by atoms with Crippen LogP contribution in [0.15, 0.2) is 96.1 Å². The van der Waals surface area contributed by atoms with E-state index in [0.29, 0.717) is 34.2 Å². The molecule has 4 aromatic carbocycles. The van der Waals surface area contributed by atoms with Crippen LogP contribution in [0.3, 0.4) is 0 Å². The van der Waals surface area contributed by atoms with E-state index in [0.717, 1.165) is 12.8 Å². The molecule has 0 radical (unpaired) electrons. The van der Waals surface area contributed by atoms with E-state index < -0.39 is 23.7 Å². The zero-order valence-corrected chi connectivity index (χ0v) is 25.8. The number of ether oxygens (including phenoxy) is 3. The largest absolute Gasteiger partial charge is 0.494 e. The van der Waals surface area contributed by atoms with Crippen LogP contribution in [0.2, 0.25) is 5.02 Å². The molecule has 0 bridgehead atoms. The highest BCUT2D eigenvalue weighted by Gasteiger charge is 2.18. The standard InChI is InChI=1S/C34H31ClN4O7/c1-3-4-19-45-26-16-10-23(11-17-26)34(43)46-29-18-9-22(20-30(29)44-2)21-36-39-33(42)32(41)38-28-8-6-5-7-27(28)31(40)37-25-14-12-24(35)13-15-25/h5-18,20-21H,3-4,19H2,1-2H3,(H,37,40)(H,38,41)(H,39,42)/b36-21-. The average Bonchev–Trinajstić information content (AvgIpc) is 3.07. The minimum Gasteiger partial charge on any atom is -0.494 e. The van der Waals surface area contributed by atoms with Gasteiger partial charge < -0.3 is 24.8 Å². The summed E-state index contributed by atoms with van der Waals surface area (Å²) in [6, 6.07) is 24.0. The van der Waals surface area contributed by atoms with E-state index in [4.69, 9.17) is 25.8 Å². The molecule has 0 aliphatic rings. The van der Waals surface area contributed by atoms with Crippen LogP contribution >= 0.6 is 11.6 Å². The van der Waals surface area contributed by atoms with Crippen molar-refractivity contribution in [2.45, 2.75) is 19.8 Å². The van der Waals surface area contributed by atoms with Crippen LogP contribution in [0.5, 0.6) is 17.2 Å². The fraction of sp³-hybridized carbons (Fsp3) is 0.147. The molecule has 0 fully saturated rings. The molecule has 236 valence electrons. The number of rotatable bonds is 12. The molecular formula is C34H31ClN4O7. The van der Waals surface area contributed by atoms with Crippen molar-refractivity contribution in [3.8, 4) is 17.2 Å². The fourth-order valence-electron chi connectivity index (χ4n) is 3.95. The fourth-order valence-corrected chi connectivity index (χ4v) is 4.07. The Bertz CT molecular complexity index is 1720. The Balaban J connectivity index is 1.32. The first kappa shape index (κ1) is 33.2. The van der Waals surface area contributed by atoms with Gasteiger partial charge in [0.05, 0.1) is 36.7 Å². The first-order chi connectivity index (χ1) is 22.3. The smallest absolute Gasteiger partial charge is 0.343 e. The molecule has 46 heavy (non-hydrogen) atoms. The monoisotopic (exact) mass is 642 g/mol. The SMILES string of the molecule is CCCCOc1ccc(C(=O)Oc2ccc(/C=N\NC(=O)C(=O)Nc3ccccc3C(=O)Nc3ccc(Cl)cc3)cc2OC)cc1. The van der Waals surface area contributed by atoms with Gasteiger partial charge in [-0.05, 0) is 90.8 Å². The number of para-hydroxylation sites is 1. The molecule has 12 heteroatoms.